The van der Waals surface area contributed by atoms with Crippen LogP contribution in [0.1, 0.15) is 18.0 Å². The molecule has 0 aliphatic carbocycles. The Morgan fingerprint density at radius 2 is 2.00 bits per heavy atom. The fraction of sp³-hybridized carbons (Fsp3) is 0.304. The lowest BCUT2D eigenvalue weighted by molar-refractivity contribution is -0.117. The summed E-state index contributed by atoms with van der Waals surface area (Å²) in [5.41, 5.74) is 3.15. The van der Waals surface area contributed by atoms with Crippen LogP contribution in [-0.2, 0) is 4.79 Å². The van der Waals surface area contributed by atoms with Gasteiger partial charge in [0.1, 0.15) is 11.6 Å². The predicted molar refractivity (Wildman–Crippen MR) is 133 cm³/mol. The Hall–Kier alpha value is -3.21. The van der Waals surface area contributed by atoms with E-state index in [1.54, 1.807) is 48.5 Å². The summed E-state index contributed by atoms with van der Waals surface area (Å²) in [4.78, 5) is 35.9. The summed E-state index contributed by atoms with van der Waals surface area (Å²) in [6, 6.07) is 10.2. The first-order valence-corrected chi connectivity index (χ1v) is 12.1. The number of benzene rings is 1. The molecule has 1 aromatic carbocycles. The number of hydrogen-bond acceptors (Lipinski definition) is 7. The first-order valence-electron chi connectivity index (χ1n) is 10.7. The van der Waals surface area contributed by atoms with E-state index in [9.17, 15) is 9.59 Å². The largest absolute Gasteiger partial charge is 0.495 e. The normalized spacial score (nSPS) is 18.2. The minimum absolute atomic E-state index is 0.109. The van der Waals surface area contributed by atoms with E-state index in [0.717, 1.165) is 5.69 Å². The molecule has 3 aromatic rings. The fourth-order valence-corrected chi connectivity index (χ4v) is 4.51. The smallest absolute Gasteiger partial charge is 0.319 e. The van der Waals surface area contributed by atoms with Crippen molar-refractivity contribution in [3.8, 4) is 5.75 Å². The third-order valence-electron chi connectivity index (χ3n) is 5.56. The molecule has 3 heterocycles. The van der Waals surface area contributed by atoms with E-state index in [1.807, 2.05) is 12.1 Å². The van der Waals surface area contributed by atoms with Crippen molar-refractivity contribution in [3.63, 3.8) is 0 Å². The van der Waals surface area contributed by atoms with E-state index in [0.29, 0.717) is 41.8 Å². The van der Waals surface area contributed by atoms with Crippen LogP contribution in [0.3, 0.4) is 0 Å². The summed E-state index contributed by atoms with van der Waals surface area (Å²) < 4.78 is 5.23. The summed E-state index contributed by atoms with van der Waals surface area (Å²) in [7, 11) is 1.59. The predicted octanol–water partition coefficient (Wildman–Crippen LogP) is 3.82. The van der Waals surface area contributed by atoms with Crippen LogP contribution in [0.2, 0.25) is 5.02 Å². The van der Waals surface area contributed by atoms with Crippen molar-refractivity contribution in [1.29, 1.82) is 0 Å². The van der Waals surface area contributed by atoms with Gasteiger partial charge in [-0.05, 0) is 42.8 Å². The molecule has 1 aliphatic heterocycles. The summed E-state index contributed by atoms with van der Waals surface area (Å²) in [5.74, 6) is 0.977. The number of amides is 3. The summed E-state index contributed by atoms with van der Waals surface area (Å²) in [5, 5.41) is 11.1. The number of ether oxygens (including phenoxy) is 1. The van der Waals surface area contributed by atoms with Crippen LogP contribution in [0.15, 0.2) is 53.5 Å². The van der Waals surface area contributed by atoms with Gasteiger partial charge >= 0.3 is 6.03 Å². The molecule has 34 heavy (non-hydrogen) atoms. The Labute approximate surface area is 206 Å². The Kier molecular flexibility index (Phi) is 7.94. The van der Waals surface area contributed by atoms with Crippen molar-refractivity contribution in [2.45, 2.75) is 18.4 Å². The van der Waals surface area contributed by atoms with Gasteiger partial charge in [-0.3, -0.25) is 14.7 Å². The van der Waals surface area contributed by atoms with Crippen molar-refractivity contribution < 1.29 is 14.3 Å². The van der Waals surface area contributed by atoms with Gasteiger partial charge in [-0.2, -0.15) is 0 Å². The highest BCUT2D eigenvalue weighted by atomic mass is 35.5. The van der Waals surface area contributed by atoms with Gasteiger partial charge in [0.15, 0.2) is 0 Å². The van der Waals surface area contributed by atoms with Crippen LogP contribution in [0.5, 0.6) is 5.75 Å². The number of carbonyl (C=O) groups excluding carboxylic acids is 2. The Morgan fingerprint density at radius 3 is 2.68 bits per heavy atom. The monoisotopic (exact) mass is 500 g/mol. The topological polar surface area (TPSA) is 108 Å². The fourth-order valence-electron chi connectivity index (χ4n) is 3.90. The number of thiazole rings is 1. The average Bonchev–Trinajstić information content (AvgIpc) is 3.34. The highest BCUT2D eigenvalue weighted by molar-refractivity contribution is 7.07. The van der Waals surface area contributed by atoms with Crippen LogP contribution < -0.4 is 20.7 Å². The van der Waals surface area contributed by atoms with Crippen molar-refractivity contribution in [2.24, 2.45) is 0 Å². The third-order valence-corrected chi connectivity index (χ3v) is 6.40. The highest BCUT2D eigenvalue weighted by Gasteiger charge is 2.33. The zero-order chi connectivity index (χ0) is 23.9. The molecule has 0 radical (unpaired) electrons. The molecule has 0 spiro atoms. The van der Waals surface area contributed by atoms with Crippen LogP contribution in [0, 0.1) is 0 Å². The van der Waals surface area contributed by atoms with Gasteiger partial charge in [0.2, 0.25) is 5.91 Å². The number of urea groups is 1. The lowest BCUT2D eigenvalue weighted by atomic mass is 9.88. The van der Waals surface area contributed by atoms with Crippen molar-refractivity contribution in [1.82, 2.24) is 20.2 Å². The Balaban J connectivity index is 1.43. The second-order valence-electron chi connectivity index (χ2n) is 7.89. The first-order chi connectivity index (χ1) is 16.5. The molecule has 0 saturated carbocycles. The molecular weight excluding hydrogens is 476 g/mol. The zero-order valence-corrected chi connectivity index (χ0v) is 20.1. The minimum atomic E-state index is -0.305. The van der Waals surface area contributed by atoms with Crippen LogP contribution in [0.4, 0.5) is 16.3 Å². The molecule has 4 rings (SSSR count). The summed E-state index contributed by atoms with van der Waals surface area (Å²) in [6.07, 6.45) is 2.32. The van der Waals surface area contributed by atoms with Gasteiger partial charge in [0, 0.05) is 46.8 Å². The number of hydrogen-bond donors (Lipinski definition) is 3. The van der Waals surface area contributed by atoms with E-state index in [4.69, 9.17) is 16.3 Å². The molecule has 1 fully saturated rings. The van der Waals surface area contributed by atoms with Crippen LogP contribution in [-0.4, -0.2) is 59.6 Å². The second-order valence-corrected chi connectivity index (χ2v) is 9.04. The van der Waals surface area contributed by atoms with Crippen molar-refractivity contribution >= 4 is 46.4 Å². The number of halogens is 1. The maximum atomic E-state index is 12.7. The highest BCUT2D eigenvalue weighted by Crippen LogP contribution is 2.27. The van der Waals surface area contributed by atoms with E-state index in [2.05, 4.69) is 30.8 Å². The summed E-state index contributed by atoms with van der Waals surface area (Å²) >= 11 is 7.35. The number of nitrogens with one attached hydrogen (secondary N) is 3. The van der Waals surface area contributed by atoms with Crippen molar-refractivity contribution in [3.05, 3.63) is 64.2 Å². The van der Waals surface area contributed by atoms with Gasteiger partial charge in [-0.25, -0.2) is 9.78 Å². The van der Waals surface area contributed by atoms with Gasteiger partial charge in [-0.1, -0.05) is 11.6 Å². The number of methoxy groups -OCH3 is 1. The molecule has 11 heteroatoms. The molecule has 2 unspecified atom stereocenters. The number of aromatic nitrogens is 2. The maximum Gasteiger partial charge on any atom is 0.319 e. The second kappa shape index (κ2) is 11.3. The number of carbonyl (C=O) groups is 2. The number of likely N-dealkylation sites (tertiary alicyclic amines) is 1. The number of rotatable bonds is 7. The Morgan fingerprint density at radius 1 is 1.18 bits per heavy atom. The molecule has 3 N–H and O–H groups in total. The van der Waals surface area contributed by atoms with E-state index >= 15 is 0 Å². The van der Waals surface area contributed by atoms with Crippen molar-refractivity contribution in [2.75, 3.05) is 37.4 Å². The maximum absolute atomic E-state index is 12.7. The molecule has 1 aliphatic rings. The molecule has 9 nitrogen and oxygen atoms in total. The summed E-state index contributed by atoms with van der Waals surface area (Å²) in [6.45, 7) is 1.45. The lowest BCUT2D eigenvalue weighted by Gasteiger charge is -2.38. The average molecular weight is 501 g/mol. The van der Waals surface area contributed by atoms with Gasteiger partial charge < -0.3 is 20.7 Å². The SMILES string of the molecule is COc1ccc(C2CN(CC(=O)Nc3cscn3)CCC2NC(=O)Nc2ccc(Cl)cc2)nc1. The lowest BCUT2D eigenvalue weighted by Crippen LogP contribution is -2.52. The number of pyridine rings is 1. The van der Waals surface area contributed by atoms with Crippen LogP contribution >= 0.6 is 22.9 Å². The quantitative estimate of drug-likeness (QED) is 0.455. The first kappa shape index (κ1) is 23.9. The van der Waals surface area contributed by atoms with Gasteiger partial charge in [-0.15, -0.1) is 11.3 Å². The zero-order valence-electron chi connectivity index (χ0n) is 18.5. The van der Waals surface area contributed by atoms with E-state index < -0.39 is 0 Å². The van der Waals surface area contributed by atoms with Gasteiger partial charge in [0.05, 0.1) is 25.4 Å². The van der Waals surface area contributed by atoms with E-state index in [1.165, 1.54) is 11.3 Å². The number of anilines is 2. The third kappa shape index (κ3) is 6.43. The van der Waals surface area contributed by atoms with E-state index in [-0.39, 0.29) is 30.4 Å². The minimum Gasteiger partial charge on any atom is -0.495 e. The molecule has 178 valence electrons. The Bertz CT molecular complexity index is 1090. The molecule has 2 aromatic heterocycles. The molecular formula is C23H25ClN6O3S. The molecule has 0 bridgehead atoms. The number of nitrogens with zero attached hydrogens (tertiary/aromatic N) is 3. The molecule has 2 atom stereocenters. The van der Waals surface area contributed by atoms with Crippen LogP contribution in [0.25, 0.3) is 0 Å². The molecule has 1 saturated heterocycles. The van der Waals surface area contributed by atoms with Gasteiger partial charge in [0.25, 0.3) is 0 Å². The molecule has 3 amide bonds. The number of piperidine rings is 1. The standard InChI is InChI=1S/C23H25ClN6O3S/c1-33-17-6-7-19(25-10-17)18-11-30(12-22(31)29-21-13-34-14-26-21)9-8-20(18)28-23(32)27-16-4-2-15(24)3-5-16/h2-7,10,13-14,18,20H,8-9,11-12H2,1H3,(H,29,31)(H2,27,28,32).